The lowest BCUT2D eigenvalue weighted by Crippen LogP contribution is -2.16. The largest absolute Gasteiger partial charge is 0.495 e. The lowest BCUT2D eigenvalue weighted by molar-refractivity contribution is 0.0599. The van der Waals surface area contributed by atoms with Gasteiger partial charge in [0.25, 0.3) is 10.0 Å². The Morgan fingerprint density at radius 1 is 1.12 bits per heavy atom. The zero-order valence-electron chi connectivity index (χ0n) is 13.8. The molecule has 10 heteroatoms. The summed E-state index contributed by atoms with van der Waals surface area (Å²) in [5, 5.41) is 0. The van der Waals surface area contributed by atoms with Gasteiger partial charge in [0, 0.05) is 10.0 Å². The fraction of sp³-hybridized carbons (Fsp3) is 0.125. The van der Waals surface area contributed by atoms with Crippen LogP contribution >= 0.6 is 15.9 Å². The van der Waals surface area contributed by atoms with Crippen molar-refractivity contribution in [1.29, 1.82) is 0 Å². The Morgan fingerprint density at radius 2 is 1.81 bits per heavy atom. The highest BCUT2D eigenvalue weighted by Gasteiger charge is 2.21. The number of carbonyl (C=O) groups excluding carboxylic acids is 2. The van der Waals surface area contributed by atoms with Crippen LogP contribution in [0.3, 0.4) is 0 Å². The van der Waals surface area contributed by atoms with E-state index in [0.29, 0.717) is 4.47 Å². The molecular formula is C16H15BrN2O6S. The summed E-state index contributed by atoms with van der Waals surface area (Å²) in [6.07, 6.45) is 0. The SMILES string of the molecule is COC(=O)c1cc(S(=O)(=O)Nc2cc(C(N)=O)ccc2OC)ccc1Br. The fourth-order valence-corrected chi connectivity index (χ4v) is 3.58. The number of anilines is 1. The first-order chi connectivity index (χ1) is 12.2. The minimum absolute atomic E-state index is 0.0336. The molecule has 0 heterocycles. The van der Waals surface area contributed by atoms with Crippen LogP contribution in [-0.2, 0) is 14.8 Å². The van der Waals surface area contributed by atoms with Crippen molar-refractivity contribution in [3.05, 3.63) is 52.0 Å². The molecule has 2 rings (SSSR count). The maximum atomic E-state index is 12.7. The number of carbonyl (C=O) groups is 2. The van der Waals surface area contributed by atoms with Crippen LogP contribution in [0.4, 0.5) is 5.69 Å². The number of rotatable bonds is 6. The predicted molar refractivity (Wildman–Crippen MR) is 97.8 cm³/mol. The van der Waals surface area contributed by atoms with Crippen molar-refractivity contribution in [2.75, 3.05) is 18.9 Å². The molecule has 0 aliphatic rings. The molecule has 0 atom stereocenters. The summed E-state index contributed by atoms with van der Waals surface area (Å²) in [6, 6.07) is 7.98. The number of hydrogen-bond donors (Lipinski definition) is 2. The predicted octanol–water partition coefficient (Wildman–Crippen LogP) is 2.14. The highest BCUT2D eigenvalue weighted by atomic mass is 79.9. The van der Waals surface area contributed by atoms with E-state index in [1.807, 2.05) is 0 Å². The Morgan fingerprint density at radius 3 is 2.38 bits per heavy atom. The van der Waals surface area contributed by atoms with Crippen LogP contribution in [0.1, 0.15) is 20.7 Å². The van der Waals surface area contributed by atoms with Gasteiger partial charge in [-0.25, -0.2) is 13.2 Å². The van der Waals surface area contributed by atoms with Gasteiger partial charge in [-0.15, -0.1) is 0 Å². The highest BCUT2D eigenvalue weighted by molar-refractivity contribution is 9.10. The minimum Gasteiger partial charge on any atom is -0.495 e. The summed E-state index contributed by atoms with van der Waals surface area (Å²) in [5.74, 6) is -1.21. The van der Waals surface area contributed by atoms with E-state index in [2.05, 4.69) is 25.4 Å². The van der Waals surface area contributed by atoms with Crippen molar-refractivity contribution in [1.82, 2.24) is 0 Å². The Bertz CT molecular complexity index is 975. The molecule has 1 amide bonds. The molecule has 26 heavy (non-hydrogen) atoms. The molecule has 8 nitrogen and oxygen atoms in total. The van der Waals surface area contributed by atoms with Crippen molar-refractivity contribution in [3.63, 3.8) is 0 Å². The molecule has 0 unspecified atom stereocenters. The lowest BCUT2D eigenvalue weighted by atomic mass is 10.2. The first-order valence-electron chi connectivity index (χ1n) is 7.08. The zero-order valence-corrected chi connectivity index (χ0v) is 16.2. The Labute approximate surface area is 158 Å². The Kier molecular flexibility index (Phi) is 5.88. The fourth-order valence-electron chi connectivity index (χ4n) is 2.08. The quantitative estimate of drug-likeness (QED) is 0.660. The molecule has 0 bridgehead atoms. The highest BCUT2D eigenvalue weighted by Crippen LogP contribution is 2.29. The van der Waals surface area contributed by atoms with Gasteiger partial charge in [0.15, 0.2) is 0 Å². The number of methoxy groups -OCH3 is 2. The van der Waals surface area contributed by atoms with Crippen molar-refractivity contribution in [2.24, 2.45) is 5.73 Å². The first-order valence-corrected chi connectivity index (χ1v) is 9.35. The van der Waals surface area contributed by atoms with Gasteiger partial charge in [0.1, 0.15) is 5.75 Å². The van der Waals surface area contributed by atoms with Gasteiger partial charge in [-0.1, -0.05) is 0 Å². The summed E-state index contributed by atoms with van der Waals surface area (Å²) in [5.41, 5.74) is 5.41. The number of hydrogen-bond acceptors (Lipinski definition) is 6. The molecule has 0 saturated carbocycles. The smallest absolute Gasteiger partial charge is 0.339 e. The van der Waals surface area contributed by atoms with Gasteiger partial charge in [-0.3, -0.25) is 9.52 Å². The van der Waals surface area contributed by atoms with E-state index < -0.39 is 21.9 Å². The maximum absolute atomic E-state index is 12.7. The second-order valence-corrected chi connectivity index (χ2v) is 7.55. The maximum Gasteiger partial charge on any atom is 0.339 e. The summed E-state index contributed by atoms with van der Waals surface area (Å²) in [6.45, 7) is 0. The van der Waals surface area contributed by atoms with E-state index in [4.69, 9.17) is 10.5 Å². The third kappa shape index (κ3) is 4.14. The molecule has 0 aliphatic carbocycles. The summed E-state index contributed by atoms with van der Waals surface area (Å²) < 4.78 is 37.8. The Balaban J connectivity index is 2.48. The molecular weight excluding hydrogens is 428 g/mol. The number of ether oxygens (including phenoxy) is 2. The van der Waals surface area contributed by atoms with Crippen molar-refractivity contribution >= 4 is 43.5 Å². The van der Waals surface area contributed by atoms with Gasteiger partial charge in [-0.05, 0) is 52.3 Å². The summed E-state index contributed by atoms with van der Waals surface area (Å²) in [4.78, 5) is 22.9. The average molecular weight is 443 g/mol. The molecule has 138 valence electrons. The van der Waals surface area contributed by atoms with E-state index in [1.54, 1.807) is 0 Å². The zero-order chi connectivity index (χ0) is 19.5. The summed E-state index contributed by atoms with van der Waals surface area (Å²) >= 11 is 3.17. The van der Waals surface area contributed by atoms with Gasteiger partial charge in [0.05, 0.1) is 30.4 Å². The van der Waals surface area contributed by atoms with Crippen LogP contribution in [0.15, 0.2) is 45.8 Å². The summed E-state index contributed by atoms with van der Waals surface area (Å²) in [7, 11) is -1.54. The molecule has 3 N–H and O–H groups in total. The van der Waals surface area contributed by atoms with Crippen molar-refractivity contribution in [2.45, 2.75) is 4.90 Å². The van der Waals surface area contributed by atoms with Gasteiger partial charge in [0.2, 0.25) is 5.91 Å². The van der Waals surface area contributed by atoms with Gasteiger partial charge >= 0.3 is 5.97 Å². The third-order valence-corrected chi connectivity index (χ3v) is 5.44. The number of nitrogens with one attached hydrogen (secondary N) is 1. The average Bonchev–Trinajstić information content (AvgIpc) is 2.60. The molecule has 0 saturated heterocycles. The van der Waals surface area contributed by atoms with E-state index in [1.165, 1.54) is 50.6 Å². The van der Waals surface area contributed by atoms with Crippen molar-refractivity contribution < 1.29 is 27.5 Å². The minimum atomic E-state index is -4.08. The van der Waals surface area contributed by atoms with Crippen LogP contribution in [0.25, 0.3) is 0 Å². The molecule has 0 radical (unpaired) electrons. The number of nitrogens with two attached hydrogens (primary N) is 1. The van der Waals surface area contributed by atoms with E-state index in [-0.39, 0.29) is 27.5 Å². The first kappa shape index (κ1) is 19.7. The van der Waals surface area contributed by atoms with Crippen LogP contribution < -0.4 is 15.2 Å². The number of amides is 1. The molecule has 0 fully saturated rings. The number of halogens is 1. The second-order valence-electron chi connectivity index (χ2n) is 5.02. The van der Waals surface area contributed by atoms with Crippen LogP contribution in [0, 0.1) is 0 Å². The lowest BCUT2D eigenvalue weighted by Gasteiger charge is -2.13. The molecule has 0 spiro atoms. The Hall–Kier alpha value is -2.59. The monoisotopic (exact) mass is 442 g/mol. The number of benzene rings is 2. The second kappa shape index (κ2) is 7.75. The van der Waals surface area contributed by atoms with Gasteiger partial charge in [-0.2, -0.15) is 0 Å². The van der Waals surface area contributed by atoms with Crippen LogP contribution in [-0.4, -0.2) is 34.5 Å². The van der Waals surface area contributed by atoms with Crippen LogP contribution in [0.2, 0.25) is 0 Å². The number of primary amides is 1. The van der Waals surface area contributed by atoms with Gasteiger partial charge < -0.3 is 15.2 Å². The number of sulfonamides is 1. The van der Waals surface area contributed by atoms with E-state index in [9.17, 15) is 18.0 Å². The molecule has 2 aromatic carbocycles. The van der Waals surface area contributed by atoms with Crippen molar-refractivity contribution in [3.8, 4) is 5.75 Å². The molecule has 0 aromatic heterocycles. The van der Waals surface area contributed by atoms with E-state index in [0.717, 1.165) is 0 Å². The number of esters is 1. The molecule has 0 aliphatic heterocycles. The van der Waals surface area contributed by atoms with E-state index >= 15 is 0 Å². The standard InChI is InChI=1S/C16H15BrN2O6S/c1-24-14-6-3-9(15(18)20)7-13(14)19-26(22,23)10-4-5-12(17)11(8-10)16(21)25-2/h3-8,19H,1-2H3,(H2,18,20). The third-order valence-electron chi connectivity index (χ3n) is 3.38. The normalized spacial score (nSPS) is 10.9. The molecule has 2 aromatic rings. The van der Waals surface area contributed by atoms with Crippen LogP contribution in [0.5, 0.6) is 5.75 Å². The topological polar surface area (TPSA) is 125 Å².